The zero-order chi connectivity index (χ0) is 14.0. The van der Waals surface area contributed by atoms with E-state index in [1.54, 1.807) is 0 Å². The van der Waals surface area contributed by atoms with Crippen molar-refractivity contribution in [2.24, 2.45) is 5.92 Å². The van der Waals surface area contributed by atoms with Gasteiger partial charge in [-0.05, 0) is 12.0 Å². The molecule has 1 aromatic heterocycles. The summed E-state index contributed by atoms with van der Waals surface area (Å²) < 4.78 is 1.43. The Kier molecular flexibility index (Phi) is 3.80. The van der Waals surface area contributed by atoms with Crippen LogP contribution in [0.2, 0.25) is 0 Å². The van der Waals surface area contributed by atoms with E-state index in [1.165, 1.54) is 29.1 Å². The van der Waals surface area contributed by atoms with Gasteiger partial charge in [0.05, 0.1) is 22.2 Å². The smallest absolute Gasteiger partial charge is 0.270 e. The Morgan fingerprint density at radius 1 is 1.53 bits per heavy atom. The Bertz CT molecular complexity index is 683. The van der Waals surface area contributed by atoms with Crippen molar-refractivity contribution in [3.63, 3.8) is 0 Å². The van der Waals surface area contributed by atoms with Crippen LogP contribution in [0.3, 0.4) is 0 Å². The lowest BCUT2D eigenvalue weighted by Gasteiger charge is -2.10. The highest BCUT2D eigenvalue weighted by molar-refractivity contribution is 6.18. The lowest BCUT2D eigenvalue weighted by atomic mass is 10.2. The van der Waals surface area contributed by atoms with Crippen molar-refractivity contribution in [3.05, 3.63) is 45.0 Å². The maximum absolute atomic E-state index is 12.2. The average Bonchev–Trinajstić information content (AvgIpc) is 2.41. The van der Waals surface area contributed by atoms with Crippen molar-refractivity contribution in [1.29, 1.82) is 0 Å². The summed E-state index contributed by atoms with van der Waals surface area (Å²) in [6.07, 6.45) is 1.44. The van der Waals surface area contributed by atoms with E-state index in [0.29, 0.717) is 17.9 Å². The van der Waals surface area contributed by atoms with Gasteiger partial charge < -0.3 is 0 Å². The highest BCUT2D eigenvalue weighted by Gasteiger charge is 2.11. The molecule has 6 nitrogen and oxygen atoms in total. The third-order valence-electron chi connectivity index (χ3n) is 2.79. The van der Waals surface area contributed by atoms with E-state index in [-0.39, 0.29) is 22.6 Å². The molecule has 0 aliphatic carbocycles. The summed E-state index contributed by atoms with van der Waals surface area (Å²) in [5.41, 5.74) is 0.0468. The second-order valence-electron chi connectivity index (χ2n) is 4.42. The molecule has 7 heteroatoms. The Hall–Kier alpha value is -1.95. The predicted molar refractivity (Wildman–Crippen MR) is 72.5 cm³/mol. The minimum Gasteiger partial charge on any atom is -0.298 e. The molecule has 0 aliphatic rings. The second-order valence-corrected chi connectivity index (χ2v) is 4.73. The van der Waals surface area contributed by atoms with E-state index < -0.39 is 4.92 Å². The van der Waals surface area contributed by atoms with Crippen LogP contribution in [0.5, 0.6) is 0 Å². The number of nitro groups is 1. The topological polar surface area (TPSA) is 78.0 Å². The average molecular weight is 282 g/mol. The summed E-state index contributed by atoms with van der Waals surface area (Å²) in [6.45, 7) is 2.35. The van der Waals surface area contributed by atoms with Crippen molar-refractivity contribution in [1.82, 2.24) is 9.55 Å². The van der Waals surface area contributed by atoms with Crippen LogP contribution >= 0.6 is 11.6 Å². The number of fused-ring (bicyclic) bond motifs is 1. The van der Waals surface area contributed by atoms with Crippen LogP contribution in [0.15, 0.2) is 29.3 Å². The van der Waals surface area contributed by atoms with E-state index >= 15 is 0 Å². The molecule has 100 valence electrons. The number of rotatable bonds is 4. The van der Waals surface area contributed by atoms with Crippen molar-refractivity contribution in [2.75, 3.05) is 5.88 Å². The summed E-state index contributed by atoms with van der Waals surface area (Å²) in [5, 5.41) is 11.0. The molecule has 1 aromatic carbocycles. The number of benzene rings is 1. The molecule has 0 N–H and O–H groups in total. The van der Waals surface area contributed by atoms with E-state index in [9.17, 15) is 14.9 Å². The first-order valence-electron chi connectivity index (χ1n) is 5.72. The maximum Gasteiger partial charge on any atom is 0.270 e. The molecule has 0 bridgehead atoms. The molecule has 2 rings (SSSR count). The fraction of sp³-hybridized carbons (Fsp3) is 0.333. The minimum atomic E-state index is -0.530. The van der Waals surface area contributed by atoms with Crippen LogP contribution in [0, 0.1) is 16.0 Å². The number of aromatic nitrogens is 2. The lowest BCUT2D eigenvalue weighted by Crippen LogP contribution is -2.24. The van der Waals surface area contributed by atoms with Gasteiger partial charge in [0, 0.05) is 24.6 Å². The molecule has 0 radical (unpaired) electrons. The quantitative estimate of drug-likeness (QED) is 0.489. The molecule has 0 spiro atoms. The van der Waals surface area contributed by atoms with Crippen LogP contribution in [0.4, 0.5) is 5.69 Å². The normalized spacial score (nSPS) is 12.5. The highest BCUT2D eigenvalue weighted by atomic mass is 35.5. The molecular weight excluding hydrogens is 270 g/mol. The van der Waals surface area contributed by atoms with Gasteiger partial charge in [-0.1, -0.05) is 6.92 Å². The van der Waals surface area contributed by atoms with Gasteiger partial charge in [0.1, 0.15) is 0 Å². The van der Waals surface area contributed by atoms with E-state index in [1.807, 2.05) is 6.92 Å². The SMILES string of the molecule is CC(CCl)Cn1cnc2ccc([N+](=O)[O-])cc2c1=O. The van der Waals surface area contributed by atoms with E-state index in [2.05, 4.69) is 4.98 Å². The molecule has 1 unspecified atom stereocenters. The summed E-state index contributed by atoms with van der Waals surface area (Å²) in [4.78, 5) is 26.5. The number of hydrogen-bond acceptors (Lipinski definition) is 4. The molecule has 0 amide bonds. The van der Waals surface area contributed by atoms with E-state index in [0.717, 1.165) is 0 Å². The van der Waals surface area contributed by atoms with E-state index in [4.69, 9.17) is 11.6 Å². The molecule has 2 aromatic rings. The third-order valence-corrected chi connectivity index (χ3v) is 3.32. The van der Waals surface area contributed by atoms with Crippen molar-refractivity contribution < 1.29 is 4.92 Å². The zero-order valence-electron chi connectivity index (χ0n) is 10.2. The van der Waals surface area contributed by atoms with Gasteiger partial charge in [-0.25, -0.2) is 4.98 Å². The number of halogens is 1. The Morgan fingerprint density at radius 3 is 2.89 bits per heavy atom. The van der Waals surface area contributed by atoms with Crippen molar-refractivity contribution >= 4 is 28.2 Å². The van der Waals surface area contributed by atoms with Crippen molar-refractivity contribution in [2.45, 2.75) is 13.5 Å². The Morgan fingerprint density at radius 2 is 2.26 bits per heavy atom. The molecule has 1 heterocycles. The number of alkyl halides is 1. The summed E-state index contributed by atoms with van der Waals surface area (Å²) in [6, 6.07) is 4.07. The molecular formula is C12H12ClN3O3. The number of hydrogen-bond donors (Lipinski definition) is 0. The predicted octanol–water partition coefficient (Wildman–Crippen LogP) is 2.18. The fourth-order valence-corrected chi connectivity index (χ4v) is 1.87. The fourth-order valence-electron chi connectivity index (χ4n) is 1.78. The standard InChI is InChI=1S/C12H12ClN3O3/c1-8(5-13)6-15-7-14-11-3-2-9(16(18)19)4-10(11)12(15)17/h2-4,7-8H,5-6H2,1H3. The largest absolute Gasteiger partial charge is 0.298 e. The molecule has 1 atom stereocenters. The number of non-ortho nitro benzene ring substituents is 1. The summed E-state index contributed by atoms with van der Waals surface area (Å²) in [7, 11) is 0. The van der Waals surface area contributed by atoms with Crippen LogP contribution in [0.25, 0.3) is 10.9 Å². The van der Waals surface area contributed by atoms with Gasteiger partial charge in [0.25, 0.3) is 11.2 Å². The van der Waals surface area contributed by atoms with Gasteiger partial charge in [-0.3, -0.25) is 19.5 Å². The lowest BCUT2D eigenvalue weighted by molar-refractivity contribution is -0.384. The Balaban J connectivity index is 2.56. The van der Waals surface area contributed by atoms with Gasteiger partial charge in [0.15, 0.2) is 0 Å². The second kappa shape index (κ2) is 5.36. The minimum absolute atomic E-state index is 0.116. The Labute approximate surface area is 113 Å². The van der Waals surface area contributed by atoms with Crippen LogP contribution in [-0.2, 0) is 6.54 Å². The first kappa shape index (κ1) is 13.5. The van der Waals surface area contributed by atoms with Crippen molar-refractivity contribution in [3.8, 4) is 0 Å². The van der Waals surface area contributed by atoms with Crippen LogP contribution in [0.1, 0.15) is 6.92 Å². The molecule has 0 saturated carbocycles. The third kappa shape index (κ3) is 2.73. The summed E-state index contributed by atoms with van der Waals surface area (Å²) >= 11 is 5.71. The highest BCUT2D eigenvalue weighted by Crippen LogP contribution is 2.16. The zero-order valence-corrected chi connectivity index (χ0v) is 11.0. The first-order valence-corrected chi connectivity index (χ1v) is 6.26. The number of nitro benzene ring substituents is 1. The molecule has 0 fully saturated rings. The van der Waals surface area contributed by atoms with Crippen LogP contribution in [-0.4, -0.2) is 20.4 Å². The maximum atomic E-state index is 12.2. The first-order chi connectivity index (χ1) is 9.02. The molecule has 19 heavy (non-hydrogen) atoms. The number of nitrogens with zero attached hydrogens (tertiary/aromatic N) is 3. The van der Waals surface area contributed by atoms with Crippen LogP contribution < -0.4 is 5.56 Å². The van der Waals surface area contributed by atoms with Gasteiger partial charge >= 0.3 is 0 Å². The van der Waals surface area contributed by atoms with Gasteiger partial charge in [0.2, 0.25) is 0 Å². The van der Waals surface area contributed by atoms with Gasteiger partial charge in [-0.2, -0.15) is 0 Å². The van der Waals surface area contributed by atoms with Gasteiger partial charge in [-0.15, -0.1) is 11.6 Å². The summed E-state index contributed by atoms with van der Waals surface area (Å²) in [5.74, 6) is 0.552. The molecule has 0 aliphatic heterocycles. The monoisotopic (exact) mass is 281 g/mol. The molecule has 0 saturated heterocycles.